The number of hydrogen-bond acceptors (Lipinski definition) is 4. The maximum Gasteiger partial charge on any atom is 0.171 e. The summed E-state index contributed by atoms with van der Waals surface area (Å²) < 4.78 is 0. The number of nitrogens with two attached hydrogens (primary N) is 1. The molecule has 0 amide bonds. The highest BCUT2D eigenvalue weighted by molar-refractivity contribution is 7.21. The van der Waals surface area contributed by atoms with E-state index in [1.54, 1.807) is 0 Å². The Hall–Kier alpha value is -1.42. The minimum atomic E-state index is 0.00538. The third kappa shape index (κ3) is 1.51. The number of thiophene rings is 1. The van der Waals surface area contributed by atoms with Crippen LogP contribution in [0.3, 0.4) is 0 Å². The van der Waals surface area contributed by atoms with Crippen molar-refractivity contribution in [1.82, 2.24) is 4.98 Å². The highest BCUT2D eigenvalue weighted by atomic mass is 32.1. The minimum Gasteiger partial charge on any atom is -0.397 e. The van der Waals surface area contributed by atoms with Gasteiger partial charge in [-0.2, -0.15) is 0 Å². The number of aryl methyl sites for hydroxylation is 2. The fourth-order valence-electron chi connectivity index (χ4n) is 1.49. The first-order valence-electron chi connectivity index (χ1n) is 4.68. The summed E-state index contributed by atoms with van der Waals surface area (Å²) in [6, 6.07) is 2.00. The molecule has 0 aromatic carbocycles. The van der Waals surface area contributed by atoms with Crippen LogP contribution in [0, 0.1) is 13.8 Å². The summed E-state index contributed by atoms with van der Waals surface area (Å²) in [4.78, 5) is 17.2. The highest BCUT2D eigenvalue weighted by Gasteiger charge is 2.14. The van der Waals surface area contributed by atoms with Gasteiger partial charge in [0.05, 0.1) is 10.6 Å². The van der Waals surface area contributed by atoms with Crippen molar-refractivity contribution in [3.63, 3.8) is 0 Å². The van der Waals surface area contributed by atoms with Crippen LogP contribution in [-0.2, 0) is 0 Å². The molecule has 0 aliphatic rings. The molecule has 78 valence electrons. The predicted octanol–water partition coefficient (Wildman–Crippen LogP) is 2.70. The molecule has 3 nitrogen and oxygen atoms in total. The van der Waals surface area contributed by atoms with E-state index >= 15 is 0 Å². The van der Waals surface area contributed by atoms with Gasteiger partial charge in [-0.1, -0.05) is 0 Å². The molecule has 2 heterocycles. The molecule has 15 heavy (non-hydrogen) atoms. The maximum absolute atomic E-state index is 11.3. The summed E-state index contributed by atoms with van der Waals surface area (Å²) in [5, 5.41) is 0.897. The summed E-state index contributed by atoms with van der Waals surface area (Å²) in [6.07, 6.45) is 0. The summed E-state index contributed by atoms with van der Waals surface area (Å²) in [5.41, 5.74) is 8.56. The van der Waals surface area contributed by atoms with Gasteiger partial charge in [-0.25, -0.2) is 4.98 Å². The Labute approximate surface area is 91.9 Å². The number of Topliss-reactive ketones (excluding diaryl/α,β-unsaturated/α-hetero) is 1. The third-order valence-corrected chi connectivity index (χ3v) is 3.70. The largest absolute Gasteiger partial charge is 0.397 e. The zero-order valence-electron chi connectivity index (χ0n) is 8.92. The standard InChI is InChI=1S/C11H12N2OS/c1-5-4-8-9(12)10(7(3)14)15-11(8)13-6(5)2/h4H,12H2,1-3H3. The molecule has 0 spiro atoms. The van der Waals surface area contributed by atoms with Gasteiger partial charge >= 0.3 is 0 Å². The summed E-state index contributed by atoms with van der Waals surface area (Å²) in [6.45, 7) is 5.48. The smallest absolute Gasteiger partial charge is 0.171 e. The van der Waals surface area contributed by atoms with Gasteiger partial charge < -0.3 is 5.73 Å². The van der Waals surface area contributed by atoms with E-state index < -0.39 is 0 Å². The van der Waals surface area contributed by atoms with Gasteiger partial charge in [-0.05, 0) is 25.5 Å². The van der Waals surface area contributed by atoms with Crippen molar-refractivity contribution in [3.8, 4) is 0 Å². The number of pyridine rings is 1. The zero-order chi connectivity index (χ0) is 11.2. The van der Waals surface area contributed by atoms with E-state index in [0.717, 1.165) is 21.5 Å². The quantitative estimate of drug-likeness (QED) is 0.752. The Morgan fingerprint density at radius 2 is 2.13 bits per heavy atom. The first-order valence-corrected chi connectivity index (χ1v) is 5.49. The van der Waals surface area contributed by atoms with Crippen molar-refractivity contribution < 1.29 is 4.79 Å². The Bertz CT molecular complexity index is 557. The maximum atomic E-state index is 11.3. The van der Waals surface area contributed by atoms with Crippen LogP contribution in [0.1, 0.15) is 27.9 Å². The van der Waals surface area contributed by atoms with E-state index in [-0.39, 0.29) is 5.78 Å². The molecule has 0 bridgehead atoms. The lowest BCUT2D eigenvalue weighted by molar-refractivity contribution is 0.102. The van der Waals surface area contributed by atoms with Crippen LogP contribution in [0.25, 0.3) is 10.2 Å². The number of nitrogens with zero attached hydrogens (tertiary/aromatic N) is 1. The van der Waals surface area contributed by atoms with Gasteiger partial charge in [0.1, 0.15) is 4.83 Å². The lowest BCUT2D eigenvalue weighted by Gasteiger charge is -1.98. The molecular weight excluding hydrogens is 208 g/mol. The average molecular weight is 220 g/mol. The topological polar surface area (TPSA) is 56.0 Å². The Balaban J connectivity index is 2.83. The first-order chi connectivity index (χ1) is 7.00. The van der Waals surface area contributed by atoms with Crippen LogP contribution in [0.5, 0.6) is 0 Å². The molecule has 2 N–H and O–H groups in total. The van der Waals surface area contributed by atoms with Crippen molar-refractivity contribution in [1.29, 1.82) is 0 Å². The van der Waals surface area contributed by atoms with Crippen LogP contribution in [0.2, 0.25) is 0 Å². The zero-order valence-corrected chi connectivity index (χ0v) is 9.73. The van der Waals surface area contributed by atoms with E-state index in [1.165, 1.54) is 18.3 Å². The molecule has 2 rings (SSSR count). The molecule has 0 saturated carbocycles. The molecule has 2 aromatic rings. The lowest BCUT2D eigenvalue weighted by atomic mass is 10.1. The van der Waals surface area contributed by atoms with E-state index in [0.29, 0.717) is 10.6 Å². The van der Waals surface area contributed by atoms with Gasteiger partial charge in [0.15, 0.2) is 5.78 Å². The van der Waals surface area contributed by atoms with Crippen molar-refractivity contribution in [2.75, 3.05) is 5.73 Å². The number of fused-ring (bicyclic) bond motifs is 1. The Kier molecular flexibility index (Phi) is 2.23. The number of anilines is 1. The molecule has 0 saturated heterocycles. The van der Waals surface area contributed by atoms with Crippen molar-refractivity contribution in [3.05, 3.63) is 22.2 Å². The Morgan fingerprint density at radius 3 is 2.73 bits per heavy atom. The van der Waals surface area contributed by atoms with Crippen LogP contribution in [0.15, 0.2) is 6.07 Å². The van der Waals surface area contributed by atoms with E-state index in [9.17, 15) is 4.79 Å². The van der Waals surface area contributed by atoms with Crippen LogP contribution in [-0.4, -0.2) is 10.8 Å². The van der Waals surface area contributed by atoms with Gasteiger partial charge in [-0.15, -0.1) is 11.3 Å². The Morgan fingerprint density at radius 1 is 1.47 bits per heavy atom. The second kappa shape index (κ2) is 3.31. The SMILES string of the molecule is CC(=O)c1sc2nc(C)c(C)cc2c1N. The van der Waals surface area contributed by atoms with Crippen molar-refractivity contribution in [2.24, 2.45) is 0 Å². The minimum absolute atomic E-state index is 0.00538. The van der Waals surface area contributed by atoms with Gasteiger partial charge in [0.25, 0.3) is 0 Å². The molecule has 0 unspecified atom stereocenters. The molecular formula is C11H12N2OS. The number of ketones is 1. The predicted molar refractivity (Wildman–Crippen MR) is 63.5 cm³/mol. The molecule has 0 aliphatic carbocycles. The summed E-state index contributed by atoms with van der Waals surface area (Å²) in [5.74, 6) is 0.00538. The molecule has 0 aliphatic heterocycles. The number of aromatic nitrogens is 1. The average Bonchev–Trinajstić information content (AvgIpc) is 2.46. The number of carbonyl (C=O) groups is 1. The number of carbonyl (C=O) groups excluding carboxylic acids is 1. The normalized spacial score (nSPS) is 10.9. The lowest BCUT2D eigenvalue weighted by Crippen LogP contribution is -1.94. The molecule has 4 heteroatoms. The fraction of sp³-hybridized carbons (Fsp3) is 0.273. The number of rotatable bonds is 1. The second-order valence-electron chi connectivity index (χ2n) is 3.64. The molecule has 0 fully saturated rings. The van der Waals surface area contributed by atoms with Gasteiger partial charge in [0, 0.05) is 18.0 Å². The van der Waals surface area contributed by atoms with E-state index in [4.69, 9.17) is 5.73 Å². The summed E-state index contributed by atoms with van der Waals surface area (Å²) in [7, 11) is 0. The monoisotopic (exact) mass is 220 g/mol. The second-order valence-corrected chi connectivity index (χ2v) is 4.64. The fourth-order valence-corrected chi connectivity index (χ4v) is 2.51. The molecule has 2 aromatic heterocycles. The highest BCUT2D eigenvalue weighted by Crippen LogP contribution is 2.33. The molecule has 0 atom stereocenters. The molecule has 0 radical (unpaired) electrons. The van der Waals surface area contributed by atoms with Crippen LogP contribution in [0.4, 0.5) is 5.69 Å². The first kappa shape index (κ1) is 10.1. The summed E-state index contributed by atoms with van der Waals surface area (Å²) >= 11 is 1.37. The number of hydrogen-bond donors (Lipinski definition) is 1. The van der Waals surface area contributed by atoms with Crippen LogP contribution < -0.4 is 5.73 Å². The van der Waals surface area contributed by atoms with Gasteiger partial charge in [0.2, 0.25) is 0 Å². The van der Waals surface area contributed by atoms with Gasteiger partial charge in [-0.3, -0.25) is 4.79 Å². The van der Waals surface area contributed by atoms with Crippen molar-refractivity contribution >= 4 is 33.0 Å². The van der Waals surface area contributed by atoms with Crippen LogP contribution >= 0.6 is 11.3 Å². The number of nitrogen functional groups attached to an aromatic ring is 1. The van der Waals surface area contributed by atoms with E-state index in [1.807, 2.05) is 19.9 Å². The van der Waals surface area contributed by atoms with Crippen molar-refractivity contribution in [2.45, 2.75) is 20.8 Å². The third-order valence-electron chi connectivity index (χ3n) is 2.48. The van der Waals surface area contributed by atoms with E-state index in [2.05, 4.69) is 4.98 Å².